The minimum Gasteiger partial charge on any atom is -0.495 e. The Balaban J connectivity index is 2.99. The summed E-state index contributed by atoms with van der Waals surface area (Å²) < 4.78 is 5.13. The van der Waals surface area contributed by atoms with E-state index in [1.54, 1.807) is 7.11 Å². The zero-order valence-electron chi connectivity index (χ0n) is 8.29. The molecule has 0 saturated carbocycles. The minimum absolute atomic E-state index is 0.314. The van der Waals surface area contributed by atoms with Crippen molar-refractivity contribution in [2.75, 3.05) is 19.9 Å². The molecule has 1 atom stereocenters. The van der Waals surface area contributed by atoms with Crippen molar-refractivity contribution in [3.8, 4) is 5.75 Å². The third-order valence-electron chi connectivity index (χ3n) is 2.19. The topological polar surface area (TPSA) is 47.3 Å². The van der Waals surface area contributed by atoms with Crippen LogP contribution >= 0.6 is 0 Å². The van der Waals surface area contributed by atoms with Crippen molar-refractivity contribution in [1.29, 1.82) is 0 Å². The lowest BCUT2D eigenvalue weighted by Crippen LogP contribution is -2.12. The van der Waals surface area contributed by atoms with Crippen LogP contribution in [0, 0.1) is 0 Å². The van der Waals surface area contributed by atoms with Crippen LogP contribution in [0.3, 0.4) is 0 Å². The van der Waals surface area contributed by atoms with Gasteiger partial charge < -0.3 is 15.8 Å². The van der Waals surface area contributed by atoms with Gasteiger partial charge in [0.25, 0.3) is 0 Å². The van der Waals surface area contributed by atoms with Gasteiger partial charge in [0, 0.05) is 6.04 Å². The van der Waals surface area contributed by atoms with Crippen LogP contribution in [0.2, 0.25) is 0 Å². The molecule has 0 saturated heterocycles. The van der Waals surface area contributed by atoms with Crippen LogP contribution in [-0.4, -0.2) is 14.2 Å². The van der Waals surface area contributed by atoms with Crippen molar-refractivity contribution in [2.24, 2.45) is 0 Å². The van der Waals surface area contributed by atoms with Crippen LogP contribution in [0.25, 0.3) is 0 Å². The molecule has 0 radical (unpaired) electrons. The lowest BCUT2D eigenvalue weighted by molar-refractivity contribution is 0.416. The number of benzene rings is 1. The van der Waals surface area contributed by atoms with E-state index in [9.17, 15) is 0 Å². The summed E-state index contributed by atoms with van der Waals surface area (Å²) in [6.45, 7) is 2.09. The van der Waals surface area contributed by atoms with Crippen LogP contribution < -0.4 is 15.8 Å². The molecule has 0 aromatic heterocycles. The van der Waals surface area contributed by atoms with E-state index in [2.05, 4.69) is 12.2 Å². The van der Waals surface area contributed by atoms with Crippen molar-refractivity contribution in [1.82, 2.24) is 5.32 Å². The predicted octanol–water partition coefficient (Wildman–Crippen LogP) is 1.56. The molecule has 1 aromatic carbocycles. The average molecular weight is 180 g/mol. The number of nitrogens with one attached hydrogen (secondary N) is 1. The summed E-state index contributed by atoms with van der Waals surface area (Å²) in [6, 6.07) is 6.13. The van der Waals surface area contributed by atoms with Crippen LogP contribution in [0.5, 0.6) is 5.75 Å². The standard InChI is InChI=1S/C10H16N2O/c1-7(12-2)8-4-5-9(11)10(6-8)13-3/h4-7,12H,11H2,1-3H3/t7-/m1/s1. The lowest BCUT2D eigenvalue weighted by Gasteiger charge is -2.12. The number of hydrogen-bond acceptors (Lipinski definition) is 3. The molecule has 0 aliphatic carbocycles. The Bertz CT molecular complexity index is 286. The molecular weight excluding hydrogens is 164 g/mol. The fourth-order valence-electron chi connectivity index (χ4n) is 1.16. The summed E-state index contributed by atoms with van der Waals surface area (Å²) in [5.74, 6) is 0.736. The average Bonchev–Trinajstić information content (AvgIpc) is 2.17. The Hall–Kier alpha value is -1.22. The molecule has 0 aliphatic heterocycles. The second-order valence-electron chi connectivity index (χ2n) is 3.01. The Morgan fingerprint density at radius 2 is 2.15 bits per heavy atom. The highest BCUT2D eigenvalue weighted by Gasteiger charge is 2.05. The van der Waals surface area contributed by atoms with Crippen molar-refractivity contribution in [2.45, 2.75) is 13.0 Å². The highest BCUT2D eigenvalue weighted by Crippen LogP contribution is 2.25. The molecule has 0 heterocycles. The zero-order chi connectivity index (χ0) is 9.84. The number of methoxy groups -OCH3 is 1. The largest absolute Gasteiger partial charge is 0.495 e. The van der Waals surface area contributed by atoms with Gasteiger partial charge in [-0.1, -0.05) is 6.07 Å². The van der Waals surface area contributed by atoms with E-state index in [0.29, 0.717) is 11.7 Å². The van der Waals surface area contributed by atoms with Crippen molar-refractivity contribution < 1.29 is 4.74 Å². The molecule has 3 heteroatoms. The fourth-order valence-corrected chi connectivity index (χ4v) is 1.16. The summed E-state index contributed by atoms with van der Waals surface area (Å²) in [5.41, 5.74) is 7.55. The van der Waals surface area contributed by atoms with E-state index in [4.69, 9.17) is 10.5 Å². The molecular formula is C10H16N2O. The monoisotopic (exact) mass is 180 g/mol. The van der Waals surface area contributed by atoms with E-state index in [1.807, 2.05) is 25.2 Å². The SMILES string of the molecule is CN[C@H](C)c1ccc(N)c(OC)c1. The first kappa shape index (κ1) is 9.86. The molecule has 0 aliphatic rings. The molecule has 0 unspecified atom stereocenters. The van der Waals surface area contributed by atoms with Crippen LogP contribution in [0.4, 0.5) is 5.69 Å². The quantitative estimate of drug-likeness (QED) is 0.694. The second kappa shape index (κ2) is 4.14. The third kappa shape index (κ3) is 2.12. The molecule has 0 bridgehead atoms. The smallest absolute Gasteiger partial charge is 0.142 e. The van der Waals surface area contributed by atoms with E-state index in [0.717, 1.165) is 5.75 Å². The van der Waals surface area contributed by atoms with E-state index >= 15 is 0 Å². The van der Waals surface area contributed by atoms with Gasteiger partial charge in [-0.05, 0) is 31.7 Å². The summed E-state index contributed by atoms with van der Waals surface area (Å²) in [4.78, 5) is 0. The highest BCUT2D eigenvalue weighted by atomic mass is 16.5. The van der Waals surface area contributed by atoms with E-state index in [1.165, 1.54) is 5.56 Å². The van der Waals surface area contributed by atoms with Gasteiger partial charge >= 0.3 is 0 Å². The Morgan fingerprint density at radius 1 is 1.46 bits per heavy atom. The Labute approximate surface area is 78.9 Å². The first-order chi connectivity index (χ1) is 6.19. The molecule has 3 nitrogen and oxygen atoms in total. The van der Waals surface area contributed by atoms with E-state index in [-0.39, 0.29) is 0 Å². The van der Waals surface area contributed by atoms with E-state index < -0.39 is 0 Å². The van der Waals surface area contributed by atoms with Crippen LogP contribution in [0.1, 0.15) is 18.5 Å². The normalized spacial score (nSPS) is 12.5. The number of hydrogen-bond donors (Lipinski definition) is 2. The maximum absolute atomic E-state index is 5.70. The van der Waals surface area contributed by atoms with Gasteiger partial charge in [0.1, 0.15) is 5.75 Å². The number of nitrogen functional groups attached to an aromatic ring is 1. The first-order valence-corrected chi connectivity index (χ1v) is 4.29. The molecule has 0 fully saturated rings. The maximum atomic E-state index is 5.70. The van der Waals surface area contributed by atoms with Crippen molar-refractivity contribution in [3.05, 3.63) is 23.8 Å². The van der Waals surface area contributed by atoms with Crippen molar-refractivity contribution in [3.63, 3.8) is 0 Å². The number of ether oxygens (including phenoxy) is 1. The fraction of sp³-hybridized carbons (Fsp3) is 0.400. The minimum atomic E-state index is 0.314. The molecule has 1 aromatic rings. The number of nitrogens with two attached hydrogens (primary N) is 1. The van der Waals surface area contributed by atoms with Gasteiger partial charge in [-0.3, -0.25) is 0 Å². The third-order valence-corrected chi connectivity index (χ3v) is 2.19. The van der Waals surface area contributed by atoms with Gasteiger partial charge in [-0.25, -0.2) is 0 Å². The lowest BCUT2D eigenvalue weighted by atomic mass is 10.1. The Kier molecular flexibility index (Phi) is 3.14. The molecule has 0 spiro atoms. The number of anilines is 1. The highest BCUT2D eigenvalue weighted by molar-refractivity contribution is 5.54. The van der Waals surface area contributed by atoms with Gasteiger partial charge in [0.2, 0.25) is 0 Å². The van der Waals surface area contributed by atoms with Crippen LogP contribution in [-0.2, 0) is 0 Å². The summed E-state index contributed by atoms with van der Waals surface area (Å²) in [6.07, 6.45) is 0. The molecule has 72 valence electrons. The summed E-state index contributed by atoms with van der Waals surface area (Å²) >= 11 is 0. The van der Waals surface area contributed by atoms with Gasteiger partial charge in [0.05, 0.1) is 12.8 Å². The summed E-state index contributed by atoms with van der Waals surface area (Å²) in [5, 5.41) is 3.16. The van der Waals surface area contributed by atoms with Gasteiger partial charge in [0.15, 0.2) is 0 Å². The van der Waals surface area contributed by atoms with Gasteiger partial charge in [-0.2, -0.15) is 0 Å². The molecule has 13 heavy (non-hydrogen) atoms. The Morgan fingerprint density at radius 3 is 2.69 bits per heavy atom. The maximum Gasteiger partial charge on any atom is 0.142 e. The molecule has 1 rings (SSSR count). The van der Waals surface area contributed by atoms with Crippen LogP contribution in [0.15, 0.2) is 18.2 Å². The summed E-state index contributed by atoms with van der Waals surface area (Å²) in [7, 11) is 3.55. The molecule has 0 amide bonds. The molecule has 3 N–H and O–H groups in total. The first-order valence-electron chi connectivity index (χ1n) is 4.29. The zero-order valence-corrected chi connectivity index (χ0v) is 8.29. The van der Waals surface area contributed by atoms with Crippen molar-refractivity contribution >= 4 is 5.69 Å². The predicted molar refractivity (Wildman–Crippen MR) is 54.9 cm³/mol. The number of rotatable bonds is 3. The second-order valence-corrected chi connectivity index (χ2v) is 3.01. The van der Waals surface area contributed by atoms with Gasteiger partial charge in [-0.15, -0.1) is 0 Å².